The van der Waals surface area contributed by atoms with Gasteiger partial charge >= 0.3 is 0 Å². The summed E-state index contributed by atoms with van der Waals surface area (Å²) in [5, 5.41) is 8.81. The Morgan fingerprint density at radius 3 is 2.79 bits per heavy atom. The second-order valence-electron chi connectivity index (χ2n) is 7.09. The van der Waals surface area contributed by atoms with Gasteiger partial charge in [0.05, 0.1) is 6.10 Å². The molecule has 0 bridgehead atoms. The Morgan fingerprint density at radius 2 is 2.04 bits per heavy atom. The van der Waals surface area contributed by atoms with Crippen molar-refractivity contribution in [2.45, 2.75) is 64.4 Å². The largest absolute Gasteiger partial charge is 0.376 e. The topological polar surface area (TPSA) is 79.5 Å². The average molecular weight is 406 g/mol. The first-order valence-electron chi connectivity index (χ1n) is 10.2. The maximum Gasteiger partial charge on any atom is 0.251 e. The number of hydrogen-bond acceptors (Lipinski definition) is 4. The first-order valence-corrected chi connectivity index (χ1v) is 10.6. The summed E-state index contributed by atoms with van der Waals surface area (Å²) in [7, 11) is 0. The van der Waals surface area contributed by atoms with Crippen molar-refractivity contribution in [3.8, 4) is 0 Å². The molecule has 0 aliphatic carbocycles. The van der Waals surface area contributed by atoms with Gasteiger partial charge in [0.1, 0.15) is 0 Å². The monoisotopic (exact) mass is 405 g/mol. The first-order chi connectivity index (χ1) is 13.6. The second kappa shape index (κ2) is 12.5. The fourth-order valence-corrected chi connectivity index (χ4v) is 3.32. The van der Waals surface area contributed by atoms with E-state index in [0.29, 0.717) is 24.2 Å². The van der Waals surface area contributed by atoms with E-state index in [1.807, 2.05) is 0 Å². The molecule has 1 aliphatic rings. The lowest BCUT2D eigenvalue weighted by Gasteiger charge is -2.12. The van der Waals surface area contributed by atoms with Gasteiger partial charge in [0.2, 0.25) is 5.91 Å². The molecule has 1 fully saturated rings. The van der Waals surface area contributed by atoms with Crippen LogP contribution in [0.5, 0.6) is 0 Å². The molecule has 1 saturated heterocycles. The summed E-state index contributed by atoms with van der Waals surface area (Å²) in [6.45, 7) is 3.45. The number of amides is 2. The van der Waals surface area contributed by atoms with Crippen molar-refractivity contribution < 1.29 is 14.3 Å². The molecular formula is C21H31N3O3S. The highest BCUT2D eigenvalue weighted by molar-refractivity contribution is 7.80. The number of nitrogens with one attached hydrogen (secondary N) is 3. The number of hydrogen-bond donors (Lipinski definition) is 3. The summed E-state index contributed by atoms with van der Waals surface area (Å²) in [5.41, 5.74) is 1.20. The first kappa shape index (κ1) is 22.3. The van der Waals surface area contributed by atoms with E-state index in [9.17, 15) is 9.59 Å². The standard InChI is InChI=1S/C21H31N3O3S/c1-2-3-4-5-6-12-19(25)24-21(28)23-17-10-7-9-16(14-17)20(26)22-15-18-11-8-13-27-18/h7,9-10,14,18H,2-6,8,11-13,15H2,1H3,(H,22,26)(H2,23,24,25,28). The van der Waals surface area contributed by atoms with Crippen molar-refractivity contribution in [3.05, 3.63) is 29.8 Å². The van der Waals surface area contributed by atoms with Crippen LogP contribution in [0, 0.1) is 0 Å². The number of carbonyl (C=O) groups is 2. The van der Waals surface area contributed by atoms with E-state index >= 15 is 0 Å². The quantitative estimate of drug-likeness (QED) is 0.408. The Labute approximate surface area is 172 Å². The van der Waals surface area contributed by atoms with E-state index in [1.54, 1.807) is 24.3 Å². The van der Waals surface area contributed by atoms with Crippen LogP contribution < -0.4 is 16.0 Å². The predicted molar refractivity (Wildman–Crippen MR) is 115 cm³/mol. The molecule has 0 aromatic heterocycles. The van der Waals surface area contributed by atoms with Crippen molar-refractivity contribution >= 4 is 34.8 Å². The zero-order valence-electron chi connectivity index (χ0n) is 16.6. The smallest absolute Gasteiger partial charge is 0.251 e. The van der Waals surface area contributed by atoms with Gasteiger partial charge in [-0.15, -0.1) is 0 Å². The van der Waals surface area contributed by atoms with Crippen LogP contribution >= 0.6 is 12.2 Å². The van der Waals surface area contributed by atoms with Crippen LogP contribution in [-0.4, -0.2) is 36.2 Å². The Hall–Kier alpha value is -1.99. The van der Waals surface area contributed by atoms with Gasteiger partial charge in [-0.05, 0) is 49.7 Å². The molecule has 1 aromatic rings. The van der Waals surface area contributed by atoms with Gasteiger partial charge in [-0.1, -0.05) is 38.7 Å². The highest BCUT2D eigenvalue weighted by Gasteiger charge is 2.16. The minimum Gasteiger partial charge on any atom is -0.376 e. The van der Waals surface area contributed by atoms with Crippen molar-refractivity contribution in [1.82, 2.24) is 10.6 Å². The summed E-state index contributed by atoms with van der Waals surface area (Å²) < 4.78 is 5.52. The van der Waals surface area contributed by atoms with Gasteiger partial charge in [0, 0.05) is 30.8 Å². The van der Waals surface area contributed by atoms with Crippen LogP contribution in [0.1, 0.15) is 68.6 Å². The Kier molecular flexibility index (Phi) is 9.93. The van der Waals surface area contributed by atoms with Crippen molar-refractivity contribution in [1.29, 1.82) is 0 Å². The van der Waals surface area contributed by atoms with Gasteiger partial charge in [-0.25, -0.2) is 0 Å². The maximum atomic E-state index is 12.3. The molecule has 0 saturated carbocycles. The molecule has 6 nitrogen and oxygen atoms in total. The van der Waals surface area contributed by atoms with Gasteiger partial charge in [0.25, 0.3) is 5.91 Å². The summed E-state index contributed by atoms with van der Waals surface area (Å²) in [5.74, 6) is -0.236. The predicted octanol–water partition coefficient (Wildman–Crippen LogP) is 3.77. The van der Waals surface area contributed by atoms with E-state index in [1.165, 1.54) is 12.8 Å². The van der Waals surface area contributed by atoms with Gasteiger partial charge in [0.15, 0.2) is 5.11 Å². The fraction of sp³-hybridized carbons (Fsp3) is 0.571. The van der Waals surface area contributed by atoms with Crippen LogP contribution in [0.4, 0.5) is 5.69 Å². The highest BCUT2D eigenvalue weighted by atomic mass is 32.1. The Balaban J connectivity index is 1.73. The third kappa shape index (κ3) is 8.35. The third-order valence-corrected chi connectivity index (χ3v) is 4.86. The van der Waals surface area contributed by atoms with E-state index in [-0.39, 0.29) is 23.0 Å². The molecule has 2 amide bonds. The fourth-order valence-electron chi connectivity index (χ4n) is 3.09. The minimum atomic E-state index is -0.152. The number of ether oxygens (including phenoxy) is 1. The van der Waals surface area contributed by atoms with E-state index in [2.05, 4.69) is 22.9 Å². The van der Waals surface area contributed by atoms with Crippen LogP contribution in [0.15, 0.2) is 24.3 Å². The maximum absolute atomic E-state index is 12.3. The molecule has 1 aromatic carbocycles. The summed E-state index contributed by atoms with van der Waals surface area (Å²) in [6, 6.07) is 7.05. The third-order valence-electron chi connectivity index (χ3n) is 4.66. The molecule has 1 atom stereocenters. The molecule has 1 unspecified atom stereocenters. The lowest BCUT2D eigenvalue weighted by molar-refractivity contribution is -0.119. The summed E-state index contributed by atoms with van der Waals surface area (Å²) in [6.07, 6.45) is 8.08. The Bertz CT molecular complexity index is 660. The zero-order valence-corrected chi connectivity index (χ0v) is 17.4. The Morgan fingerprint density at radius 1 is 1.21 bits per heavy atom. The van der Waals surface area contributed by atoms with Crippen LogP contribution in [-0.2, 0) is 9.53 Å². The van der Waals surface area contributed by atoms with Crippen molar-refractivity contribution in [2.75, 3.05) is 18.5 Å². The number of rotatable bonds is 10. The molecule has 7 heteroatoms. The normalized spacial score (nSPS) is 15.8. The van der Waals surface area contributed by atoms with Crippen LogP contribution in [0.3, 0.4) is 0 Å². The molecule has 2 rings (SSSR count). The molecule has 0 radical (unpaired) electrons. The molecule has 1 aliphatic heterocycles. The van der Waals surface area contributed by atoms with E-state index in [4.69, 9.17) is 17.0 Å². The lowest BCUT2D eigenvalue weighted by atomic mass is 10.1. The van der Waals surface area contributed by atoms with Crippen LogP contribution in [0.25, 0.3) is 0 Å². The second-order valence-corrected chi connectivity index (χ2v) is 7.50. The lowest BCUT2D eigenvalue weighted by Crippen LogP contribution is -2.34. The number of anilines is 1. The van der Waals surface area contributed by atoms with Crippen LogP contribution in [0.2, 0.25) is 0 Å². The molecule has 154 valence electrons. The minimum absolute atomic E-state index is 0.0838. The number of thiocarbonyl (C=S) groups is 1. The SMILES string of the molecule is CCCCCCCC(=O)NC(=S)Nc1cccc(C(=O)NCC2CCCO2)c1. The highest BCUT2D eigenvalue weighted by Crippen LogP contribution is 2.13. The number of benzene rings is 1. The summed E-state index contributed by atoms with van der Waals surface area (Å²) in [4.78, 5) is 24.3. The molecule has 1 heterocycles. The average Bonchev–Trinajstić information content (AvgIpc) is 3.19. The summed E-state index contributed by atoms with van der Waals surface area (Å²) >= 11 is 5.21. The molecular weight excluding hydrogens is 374 g/mol. The molecule has 28 heavy (non-hydrogen) atoms. The van der Waals surface area contributed by atoms with Gasteiger partial charge in [-0.2, -0.15) is 0 Å². The molecule has 0 spiro atoms. The van der Waals surface area contributed by atoms with Gasteiger partial charge in [-0.3, -0.25) is 9.59 Å². The van der Waals surface area contributed by atoms with Crippen molar-refractivity contribution in [3.63, 3.8) is 0 Å². The van der Waals surface area contributed by atoms with E-state index in [0.717, 1.165) is 38.7 Å². The van der Waals surface area contributed by atoms with Gasteiger partial charge < -0.3 is 20.7 Å². The van der Waals surface area contributed by atoms with Crippen molar-refractivity contribution in [2.24, 2.45) is 0 Å². The molecule has 3 N–H and O–H groups in total. The zero-order chi connectivity index (χ0) is 20.2. The number of carbonyl (C=O) groups excluding carboxylic acids is 2. The van der Waals surface area contributed by atoms with E-state index < -0.39 is 0 Å². The number of unbranched alkanes of at least 4 members (excludes halogenated alkanes) is 4.